The van der Waals surface area contributed by atoms with Gasteiger partial charge in [0.15, 0.2) is 5.96 Å². The summed E-state index contributed by atoms with van der Waals surface area (Å²) in [5, 5.41) is 17.2. The van der Waals surface area contributed by atoms with E-state index in [1.165, 1.54) is 11.1 Å². The van der Waals surface area contributed by atoms with Crippen LogP contribution in [0.15, 0.2) is 29.3 Å². The van der Waals surface area contributed by atoms with Crippen LogP contribution in [0.2, 0.25) is 0 Å². The zero-order chi connectivity index (χ0) is 16.0. The Morgan fingerprint density at radius 1 is 1.30 bits per heavy atom. The van der Waals surface area contributed by atoms with E-state index in [1.807, 2.05) is 0 Å². The normalized spacial score (nSPS) is 18.2. The number of aliphatic imine (C=N–C) groups is 1. The van der Waals surface area contributed by atoms with Crippen LogP contribution >= 0.6 is 24.0 Å². The van der Waals surface area contributed by atoms with Crippen LogP contribution in [-0.2, 0) is 0 Å². The summed E-state index contributed by atoms with van der Waals surface area (Å²) in [6.45, 7) is 7.60. The van der Waals surface area contributed by atoms with E-state index in [1.54, 1.807) is 0 Å². The summed E-state index contributed by atoms with van der Waals surface area (Å²) in [6.07, 6.45) is 3.94. The molecule has 1 aliphatic rings. The highest BCUT2D eigenvalue weighted by Crippen LogP contribution is 2.29. The van der Waals surface area contributed by atoms with Crippen LogP contribution in [-0.4, -0.2) is 29.8 Å². The minimum absolute atomic E-state index is 0. The van der Waals surface area contributed by atoms with Crippen molar-refractivity contribution in [2.24, 2.45) is 4.99 Å². The Balaban J connectivity index is 0.00000264. The molecule has 1 aliphatic carbocycles. The summed E-state index contributed by atoms with van der Waals surface area (Å²) < 4.78 is 0. The standard InChI is InChI=1S/C18H29N3O.HI/c1-4-19-17(20-13-18(22)11-7-8-12-18)21-15(3)16-10-6-5-9-14(16)2;/h5-6,9-10,15,22H,4,7-8,11-13H2,1-3H3,(H2,19,20,21);1H. The fraction of sp³-hybridized carbons (Fsp3) is 0.611. The lowest BCUT2D eigenvalue weighted by atomic mass is 10.0. The first-order valence-electron chi connectivity index (χ1n) is 8.37. The third kappa shape index (κ3) is 5.95. The largest absolute Gasteiger partial charge is 0.388 e. The maximum absolute atomic E-state index is 10.4. The van der Waals surface area contributed by atoms with Gasteiger partial charge in [-0.15, -0.1) is 24.0 Å². The molecule has 1 unspecified atom stereocenters. The highest BCUT2D eigenvalue weighted by Gasteiger charge is 2.30. The summed E-state index contributed by atoms with van der Waals surface area (Å²) in [5.74, 6) is 0.776. The fourth-order valence-electron chi connectivity index (χ4n) is 3.09. The topological polar surface area (TPSA) is 56.7 Å². The lowest BCUT2D eigenvalue weighted by molar-refractivity contribution is 0.0574. The average molecular weight is 431 g/mol. The van der Waals surface area contributed by atoms with E-state index in [2.05, 4.69) is 60.7 Å². The minimum Gasteiger partial charge on any atom is -0.388 e. The van der Waals surface area contributed by atoms with Crippen molar-refractivity contribution in [2.75, 3.05) is 13.1 Å². The second kappa shape index (κ2) is 9.47. The first kappa shape index (κ1) is 20.2. The maximum Gasteiger partial charge on any atom is 0.191 e. The Morgan fingerprint density at radius 3 is 2.57 bits per heavy atom. The molecule has 0 heterocycles. The van der Waals surface area contributed by atoms with Crippen LogP contribution in [0.25, 0.3) is 0 Å². The second-order valence-corrected chi connectivity index (χ2v) is 6.35. The minimum atomic E-state index is -0.603. The van der Waals surface area contributed by atoms with Gasteiger partial charge in [0.2, 0.25) is 0 Å². The monoisotopic (exact) mass is 431 g/mol. The van der Waals surface area contributed by atoms with Gasteiger partial charge in [-0.1, -0.05) is 37.1 Å². The van der Waals surface area contributed by atoms with Crippen molar-refractivity contribution in [2.45, 2.75) is 58.1 Å². The van der Waals surface area contributed by atoms with Crippen molar-refractivity contribution in [1.82, 2.24) is 10.6 Å². The van der Waals surface area contributed by atoms with E-state index in [-0.39, 0.29) is 30.0 Å². The number of aryl methyl sites for hydroxylation is 1. The highest BCUT2D eigenvalue weighted by molar-refractivity contribution is 14.0. The third-order valence-corrected chi connectivity index (χ3v) is 4.42. The number of rotatable bonds is 5. The predicted molar refractivity (Wildman–Crippen MR) is 108 cm³/mol. The summed E-state index contributed by atoms with van der Waals surface area (Å²) in [5.41, 5.74) is 1.94. The molecule has 0 amide bonds. The summed E-state index contributed by atoms with van der Waals surface area (Å²) in [4.78, 5) is 4.61. The predicted octanol–water partition coefficient (Wildman–Crippen LogP) is 3.53. The van der Waals surface area contributed by atoms with Crippen molar-refractivity contribution in [1.29, 1.82) is 0 Å². The fourth-order valence-corrected chi connectivity index (χ4v) is 3.09. The molecule has 1 fully saturated rings. The summed E-state index contributed by atoms with van der Waals surface area (Å²) in [7, 11) is 0. The number of hydrogen-bond acceptors (Lipinski definition) is 2. The quantitative estimate of drug-likeness (QED) is 0.380. The third-order valence-electron chi connectivity index (χ3n) is 4.42. The molecule has 1 saturated carbocycles. The first-order valence-corrected chi connectivity index (χ1v) is 8.37. The summed E-state index contributed by atoms with van der Waals surface area (Å²) in [6, 6.07) is 8.56. The lowest BCUT2D eigenvalue weighted by Gasteiger charge is -2.23. The number of benzene rings is 1. The maximum atomic E-state index is 10.4. The molecule has 4 nitrogen and oxygen atoms in total. The SMILES string of the molecule is CCNC(=NCC1(O)CCCC1)NC(C)c1ccccc1C.I. The van der Waals surface area contributed by atoms with Gasteiger partial charge in [-0.3, -0.25) is 4.99 Å². The van der Waals surface area contributed by atoms with Crippen molar-refractivity contribution in [3.63, 3.8) is 0 Å². The van der Waals surface area contributed by atoms with E-state index in [4.69, 9.17) is 0 Å². The number of halogens is 1. The van der Waals surface area contributed by atoms with Crippen LogP contribution in [0, 0.1) is 6.92 Å². The number of aliphatic hydroxyl groups is 1. The van der Waals surface area contributed by atoms with Crippen LogP contribution < -0.4 is 10.6 Å². The molecule has 23 heavy (non-hydrogen) atoms. The van der Waals surface area contributed by atoms with Crippen molar-refractivity contribution in [3.8, 4) is 0 Å². The molecule has 0 aromatic heterocycles. The van der Waals surface area contributed by atoms with E-state index < -0.39 is 5.60 Å². The van der Waals surface area contributed by atoms with Gasteiger partial charge in [0.25, 0.3) is 0 Å². The molecule has 0 saturated heterocycles. The highest BCUT2D eigenvalue weighted by atomic mass is 127. The van der Waals surface area contributed by atoms with Gasteiger partial charge in [0.1, 0.15) is 0 Å². The number of hydrogen-bond donors (Lipinski definition) is 3. The second-order valence-electron chi connectivity index (χ2n) is 6.35. The molecule has 0 radical (unpaired) electrons. The van der Waals surface area contributed by atoms with Crippen LogP contribution in [0.4, 0.5) is 0 Å². The van der Waals surface area contributed by atoms with Gasteiger partial charge in [0, 0.05) is 6.54 Å². The number of nitrogens with zero attached hydrogens (tertiary/aromatic N) is 1. The molecule has 3 N–H and O–H groups in total. The molecule has 1 atom stereocenters. The Bertz CT molecular complexity index is 513. The zero-order valence-corrected chi connectivity index (χ0v) is 16.8. The van der Waals surface area contributed by atoms with E-state index in [0.717, 1.165) is 38.2 Å². The van der Waals surface area contributed by atoms with Gasteiger partial charge < -0.3 is 15.7 Å². The molecule has 0 aliphatic heterocycles. The molecule has 130 valence electrons. The van der Waals surface area contributed by atoms with Crippen molar-refractivity contribution < 1.29 is 5.11 Å². The molecule has 5 heteroatoms. The number of guanidine groups is 1. The summed E-state index contributed by atoms with van der Waals surface area (Å²) >= 11 is 0. The Morgan fingerprint density at radius 2 is 1.96 bits per heavy atom. The van der Waals surface area contributed by atoms with Crippen LogP contribution in [0.1, 0.15) is 56.7 Å². The first-order chi connectivity index (χ1) is 10.5. The van der Waals surface area contributed by atoms with E-state index in [9.17, 15) is 5.11 Å². The van der Waals surface area contributed by atoms with Crippen molar-refractivity contribution in [3.05, 3.63) is 35.4 Å². The molecule has 0 spiro atoms. The molecular formula is C18H30IN3O. The zero-order valence-electron chi connectivity index (χ0n) is 14.4. The van der Waals surface area contributed by atoms with Crippen LogP contribution in [0.3, 0.4) is 0 Å². The van der Waals surface area contributed by atoms with Gasteiger partial charge >= 0.3 is 0 Å². The van der Waals surface area contributed by atoms with Crippen LogP contribution in [0.5, 0.6) is 0 Å². The molecule has 1 aromatic carbocycles. The van der Waals surface area contributed by atoms with Gasteiger partial charge in [-0.05, 0) is 44.7 Å². The Labute approximate surface area is 157 Å². The van der Waals surface area contributed by atoms with E-state index in [0.29, 0.717) is 6.54 Å². The molecule has 2 rings (SSSR count). The number of nitrogens with one attached hydrogen (secondary N) is 2. The molecule has 0 bridgehead atoms. The average Bonchev–Trinajstić information content (AvgIpc) is 2.93. The van der Waals surface area contributed by atoms with Gasteiger partial charge in [-0.2, -0.15) is 0 Å². The van der Waals surface area contributed by atoms with Gasteiger partial charge in [-0.25, -0.2) is 0 Å². The molecule has 1 aromatic rings. The van der Waals surface area contributed by atoms with Crippen molar-refractivity contribution >= 4 is 29.9 Å². The Hall–Kier alpha value is -0.820. The van der Waals surface area contributed by atoms with Gasteiger partial charge in [0.05, 0.1) is 18.2 Å². The smallest absolute Gasteiger partial charge is 0.191 e. The van der Waals surface area contributed by atoms with E-state index >= 15 is 0 Å². The lowest BCUT2D eigenvalue weighted by Crippen LogP contribution is -2.40. The Kier molecular flexibility index (Phi) is 8.33. The molecular weight excluding hydrogens is 401 g/mol.